The Balaban J connectivity index is 0.000000527. The highest BCUT2D eigenvalue weighted by Gasteiger charge is 2.38. The number of nitrogens with one attached hydrogen (secondary N) is 1. The number of ether oxygens (including phenoxy) is 1. The minimum Gasteiger partial charge on any atom is -0.371 e. The van der Waals surface area contributed by atoms with Crippen molar-refractivity contribution in [1.82, 2.24) is 5.32 Å². The number of halogens is 7. The standard InChI is InChI=1S/C20H27F6NO.C6H5F/c1-4-27-11-15-9-18(6-5-12(15)2)28-13(3)14-7-16(19(21,22)23)10-17(8-14)20(24,25)26;7-6-4-2-1-3-5-6/h7-8,10,12-13,15,18,27H,4-6,9,11H2,1-3H3;1-5H/t12?,13-,15-,18+;/m0./s1. The summed E-state index contributed by atoms with van der Waals surface area (Å²) >= 11 is 0. The average Bonchev–Trinajstić information content (AvgIpc) is 2.79. The van der Waals surface area contributed by atoms with E-state index in [-0.39, 0.29) is 23.6 Å². The Labute approximate surface area is 201 Å². The molecule has 1 fully saturated rings. The van der Waals surface area contributed by atoms with Crippen LogP contribution in [-0.2, 0) is 17.1 Å². The number of benzene rings is 2. The molecule has 1 N–H and O–H groups in total. The molecule has 1 aliphatic carbocycles. The lowest BCUT2D eigenvalue weighted by Gasteiger charge is -2.36. The summed E-state index contributed by atoms with van der Waals surface area (Å²) in [6.45, 7) is 7.34. The Hall–Kier alpha value is -2.13. The van der Waals surface area contributed by atoms with Gasteiger partial charge in [0.2, 0.25) is 0 Å². The zero-order chi connectivity index (χ0) is 26.2. The predicted octanol–water partition coefficient (Wildman–Crippen LogP) is 8.04. The van der Waals surface area contributed by atoms with Gasteiger partial charge >= 0.3 is 12.4 Å². The van der Waals surface area contributed by atoms with Gasteiger partial charge in [-0.2, -0.15) is 26.3 Å². The van der Waals surface area contributed by atoms with Crippen LogP contribution in [-0.4, -0.2) is 19.2 Å². The second-order valence-corrected chi connectivity index (χ2v) is 8.89. The molecular weight excluding hydrogens is 475 g/mol. The van der Waals surface area contributed by atoms with E-state index in [9.17, 15) is 30.7 Å². The maximum atomic E-state index is 13.1. The van der Waals surface area contributed by atoms with Gasteiger partial charge in [0.1, 0.15) is 5.82 Å². The van der Waals surface area contributed by atoms with Gasteiger partial charge in [0.05, 0.1) is 23.3 Å². The van der Waals surface area contributed by atoms with E-state index in [0.717, 1.165) is 44.5 Å². The van der Waals surface area contributed by atoms with Gasteiger partial charge in [-0.05, 0) is 87.0 Å². The smallest absolute Gasteiger partial charge is 0.371 e. The third kappa shape index (κ3) is 9.44. The number of alkyl halides is 6. The van der Waals surface area contributed by atoms with Crippen molar-refractivity contribution in [2.24, 2.45) is 11.8 Å². The molecule has 0 radical (unpaired) electrons. The van der Waals surface area contributed by atoms with Crippen molar-refractivity contribution in [3.63, 3.8) is 0 Å². The van der Waals surface area contributed by atoms with Crippen LogP contribution in [0.4, 0.5) is 30.7 Å². The molecule has 1 aliphatic rings. The fraction of sp³-hybridized carbons (Fsp3) is 0.538. The van der Waals surface area contributed by atoms with Crippen molar-refractivity contribution >= 4 is 0 Å². The molecule has 2 nitrogen and oxygen atoms in total. The quantitative estimate of drug-likeness (QED) is 0.400. The van der Waals surface area contributed by atoms with Gasteiger partial charge in [-0.1, -0.05) is 32.0 Å². The van der Waals surface area contributed by atoms with Crippen LogP contribution in [0.25, 0.3) is 0 Å². The fourth-order valence-electron chi connectivity index (χ4n) is 4.11. The van der Waals surface area contributed by atoms with Gasteiger partial charge in [0.15, 0.2) is 0 Å². The van der Waals surface area contributed by atoms with Crippen LogP contribution in [0, 0.1) is 17.7 Å². The van der Waals surface area contributed by atoms with Crippen LogP contribution in [0.5, 0.6) is 0 Å². The van der Waals surface area contributed by atoms with Crippen LogP contribution in [0.15, 0.2) is 48.5 Å². The summed E-state index contributed by atoms with van der Waals surface area (Å²) in [5, 5.41) is 3.30. The van der Waals surface area contributed by atoms with Gasteiger partial charge in [0.25, 0.3) is 0 Å². The molecule has 0 heterocycles. The largest absolute Gasteiger partial charge is 0.416 e. The van der Waals surface area contributed by atoms with E-state index >= 15 is 0 Å². The lowest BCUT2D eigenvalue weighted by atomic mass is 9.79. The van der Waals surface area contributed by atoms with E-state index in [1.54, 1.807) is 18.2 Å². The van der Waals surface area contributed by atoms with E-state index in [1.165, 1.54) is 19.1 Å². The Morgan fingerprint density at radius 3 is 1.97 bits per heavy atom. The Morgan fingerprint density at radius 1 is 0.943 bits per heavy atom. The molecule has 1 unspecified atom stereocenters. The monoisotopic (exact) mass is 507 g/mol. The van der Waals surface area contributed by atoms with Crippen molar-refractivity contribution in [1.29, 1.82) is 0 Å². The van der Waals surface area contributed by atoms with Crippen LogP contribution >= 0.6 is 0 Å². The zero-order valence-corrected chi connectivity index (χ0v) is 20.0. The summed E-state index contributed by atoms with van der Waals surface area (Å²) < 4.78 is 96.1. The van der Waals surface area contributed by atoms with Gasteiger partial charge in [-0.15, -0.1) is 0 Å². The number of rotatable bonds is 6. The van der Waals surface area contributed by atoms with Crippen LogP contribution in [0.3, 0.4) is 0 Å². The molecule has 0 spiro atoms. The highest BCUT2D eigenvalue weighted by molar-refractivity contribution is 5.34. The van der Waals surface area contributed by atoms with Crippen molar-refractivity contribution < 1.29 is 35.5 Å². The van der Waals surface area contributed by atoms with E-state index in [2.05, 4.69) is 12.2 Å². The molecule has 1 saturated carbocycles. The van der Waals surface area contributed by atoms with Crippen molar-refractivity contribution in [3.05, 3.63) is 71.0 Å². The molecule has 2 aromatic rings. The summed E-state index contributed by atoms with van der Waals surface area (Å²) in [6, 6.07) is 9.58. The SMILES string of the molecule is CCNC[C@@H]1C[C@H](O[C@@H](C)c2cc(C(F)(F)F)cc(C(F)(F)F)c2)CCC1C.Fc1ccccc1. The van der Waals surface area contributed by atoms with Crippen LogP contribution < -0.4 is 5.32 Å². The molecule has 4 atom stereocenters. The molecule has 2 aromatic carbocycles. The second kappa shape index (κ2) is 12.7. The average molecular weight is 508 g/mol. The first-order chi connectivity index (χ1) is 16.3. The maximum Gasteiger partial charge on any atom is 0.416 e. The maximum absolute atomic E-state index is 13.1. The molecule has 9 heteroatoms. The molecule has 0 saturated heterocycles. The molecule has 0 aliphatic heterocycles. The molecule has 0 bridgehead atoms. The highest BCUT2D eigenvalue weighted by atomic mass is 19.4. The van der Waals surface area contributed by atoms with Gasteiger partial charge in [-0.3, -0.25) is 0 Å². The summed E-state index contributed by atoms with van der Waals surface area (Å²) in [6.07, 6.45) is -8.34. The Bertz CT molecular complexity index is 867. The first kappa shape index (κ1) is 29.1. The molecule has 35 heavy (non-hydrogen) atoms. The second-order valence-electron chi connectivity index (χ2n) is 8.89. The third-order valence-electron chi connectivity index (χ3n) is 6.18. The van der Waals surface area contributed by atoms with Gasteiger partial charge in [-0.25, -0.2) is 4.39 Å². The molecule has 196 valence electrons. The fourth-order valence-corrected chi connectivity index (χ4v) is 4.11. The minimum atomic E-state index is -4.85. The Morgan fingerprint density at radius 2 is 1.51 bits per heavy atom. The lowest BCUT2D eigenvalue weighted by Crippen LogP contribution is -2.35. The molecular formula is C26H32F7NO. The van der Waals surface area contributed by atoms with Crippen LogP contribution in [0.1, 0.15) is 62.8 Å². The lowest BCUT2D eigenvalue weighted by molar-refractivity contribution is -0.143. The summed E-state index contributed by atoms with van der Waals surface area (Å²) in [7, 11) is 0. The van der Waals surface area contributed by atoms with E-state index < -0.39 is 29.6 Å². The highest BCUT2D eigenvalue weighted by Crippen LogP contribution is 2.39. The summed E-state index contributed by atoms with van der Waals surface area (Å²) in [5.41, 5.74) is -2.73. The Kier molecular flexibility index (Phi) is 10.6. The first-order valence-corrected chi connectivity index (χ1v) is 11.7. The molecule has 0 amide bonds. The van der Waals surface area contributed by atoms with E-state index in [1.807, 2.05) is 6.92 Å². The van der Waals surface area contributed by atoms with Crippen molar-refractivity contribution in [2.45, 2.75) is 64.6 Å². The van der Waals surface area contributed by atoms with Crippen molar-refractivity contribution in [3.8, 4) is 0 Å². The zero-order valence-electron chi connectivity index (χ0n) is 20.0. The molecule has 0 aromatic heterocycles. The predicted molar refractivity (Wildman–Crippen MR) is 121 cm³/mol. The van der Waals surface area contributed by atoms with Gasteiger partial charge < -0.3 is 10.1 Å². The summed E-state index contributed by atoms with van der Waals surface area (Å²) in [4.78, 5) is 0. The number of hydrogen-bond donors (Lipinski definition) is 1. The first-order valence-electron chi connectivity index (χ1n) is 11.7. The third-order valence-corrected chi connectivity index (χ3v) is 6.18. The van der Waals surface area contributed by atoms with E-state index in [4.69, 9.17) is 4.74 Å². The summed E-state index contributed by atoms with van der Waals surface area (Å²) in [5.74, 6) is 0.695. The molecule has 3 rings (SSSR count). The normalized spacial score (nSPS) is 21.7. The van der Waals surface area contributed by atoms with Gasteiger partial charge in [0, 0.05) is 0 Å². The minimum absolute atomic E-state index is 0.107. The van der Waals surface area contributed by atoms with Crippen LogP contribution in [0.2, 0.25) is 0 Å². The number of hydrogen-bond acceptors (Lipinski definition) is 2. The van der Waals surface area contributed by atoms with Crippen molar-refractivity contribution in [2.75, 3.05) is 13.1 Å². The van der Waals surface area contributed by atoms with E-state index in [0.29, 0.717) is 11.8 Å². The topological polar surface area (TPSA) is 21.3 Å².